The molecular weight excluding hydrogens is 288 g/mol. The number of carbonyl (C=O) groups is 1. The van der Waals surface area contributed by atoms with E-state index in [1.54, 1.807) is 11.8 Å². The minimum absolute atomic E-state index is 0.0274. The second kappa shape index (κ2) is 6.17. The van der Waals surface area contributed by atoms with E-state index in [9.17, 15) is 4.79 Å². The molecule has 1 aromatic heterocycles. The Balaban J connectivity index is 1.59. The van der Waals surface area contributed by atoms with Gasteiger partial charge in [-0.2, -0.15) is 4.98 Å². The quantitative estimate of drug-likeness (QED) is 0.885. The summed E-state index contributed by atoms with van der Waals surface area (Å²) in [5.74, 6) is 1.55. The number of benzene rings is 1. The fraction of sp³-hybridized carbons (Fsp3) is 0.357. The van der Waals surface area contributed by atoms with Gasteiger partial charge in [-0.05, 0) is 28.5 Å². The molecule has 1 amide bonds. The average molecular weight is 304 g/mol. The lowest BCUT2D eigenvalue weighted by molar-refractivity contribution is -0.120. The molecule has 21 heavy (non-hydrogen) atoms. The number of hydrogen-bond acceptors (Lipinski definition) is 6. The number of aryl methyl sites for hydroxylation is 1. The Morgan fingerprint density at radius 1 is 1.48 bits per heavy atom. The maximum Gasteiger partial charge on any atom is 0.260 e. The maximum atomic E-state index is 12.3. The zero-order valence-corrected chi connectivity index (χ0v) is 12.2. The van der Waals surface area contributed by atoms with E-state index in [0.717, 1.165) is 17.7 Å². The Hall–Kier alpha value is -2.02. The van der Waals surface area contributed by atoms with Gasteiger partial charge in [0.2, 0.25) is 11.8 Å². The predicted molar refractivity (Wildman–Crippen MR) is 80.8 cm³/mol. The van der Waals surface area contributed by atoms with E-state index in [0.29, 0.717) is 18.9 Å². The number of nitrogens with two attached hydrogens (primary N) is 1. The van der Waals surface area contributed by atoms with Crippen molar-refractivity contribution in [2.45, 2.75) is 18.1 Å². The summed E-state index contributed by atoms with van der Waals surface area (Å²) in [7, 11) is 0. The number of thioether (sulfide) groups is 1. The van der Waals surface area contributed by atoms with E-state index in [1.807, 2.05) is 18.2 Å². The first kappa shape index (κ1) is 13.9. The maximum absolute atomic E-state index is 12.3. The van der Waals surface area contributed by atoms with Crippen molar-refractivity contribution >= 4 is 23.6 Å². The highest BCUT2D eigenvalue weighted by Crippen LogP contribution is 2.36. The third kappa shape index (κ3) is 3.18. The molecule has 1 aliphatic heterocycles. The number of nitrogens with zero attached hydrogens (tertiary/aromatic N) is 2. The van der Waals surface area contributed by atoms with Crippen LogP contribution in [0.1, 0.15) is 22.3 Å². The van der Waals surface area contributed by atoms with Gasteiger partial charge in [0.05, 0.1) is 0 Å². The SMILES string of the molecule is Nc1noc(CCNC(=O)[C@@H]2SCCc3ccccc32)n1. The van der Waals surface area contributed by atoms with Gasteiger partial charge < -0.3 is 15.6 Å². The highest BCUT2D eigenvalue weighted by atomic mass is 32.2. The number of rotatable bonds is 4. The van der Waals surface area contributed by atoms with Crippen LogP contribution in [0.5, 0.6) is 0 Å². The number of anilines is 1. The molecule has 3 rings (SSSR count). The van der Waals surface area contributed by atoms with Crippen LogP contribution in [0, 0.1) is 0 Å². The zero-order valence-electron chi connectivity index (χ0n) is 11.4. The van der Waals surface area contributed by atoms with E-state index >= 15 is 0 Å². The van der Waals surface area contributed by atoms with Crippen molar-refractivity contribution in [3.63, 3.8) is 0 Å². The molecule has 0 saturated heterocycles. The molecule has 7 heteroatoms. The summed E-state index contributed by atoms with van der Waals surface area (Å²) in [6, 6.07) is 8.12. The lowest BCUT2D eigenvalue weighted by atomic mass is 10.0. The van der Waals surface area contributed by atoms with Crippen LogP contribution in [0.25, 0.3) is 0 Å². The molecular formula is C14H16N4O2S. The third-order valence-corrected chi connectivity index (χ3v) is 4.59. The summed E-state index contributed by atoms with van der Waals surface area (Å²) >= 11 is 1.68. The highest BCUT2D eigenvalue weighted by molar-refractivity contribution is 8.00. The summed E-state index contributed by atoms with van der Waals surface area (Å²) in [4.78, 5) is 16.2. The number of nitrogens with one attached hydrogen (secondary N) is 1. The Morgan fingerprint density at radius 2 is 2.33 bits per heavy atom. The van der Waals surface area contributed by atoms with Gasteiger partial charge in [0.1, 0.15) is 5.25 Å². The highest BCUT2D eigenvalue weighted by Gasteiger charge is 2.26. The molecule has 1 aromatic carbocycles. The van der Waals surface area contributed by atoms with Crippen LogP contribution in [-0.4, -0.2) is 28.3 Å². The van der Waals surface area contributed by atoms with E-state index in [1.165, 1.54) is 5.56 Å². The van der Waals surface area contributed by atoms with E-state index in [-0.39, 0.29) is 17.1 Å². The van der Waals surface area contributed by atoms with Gasteiger partial charge in [-0.1, -0.05) is 24.3 Å². The smallest absolute Gasteiger partial charge is 0.260 e. The molecule has 1 aliphatic rings. The number of amides is 1. The first-order valence-electron chi connectivity index (χ1n) is 6.79. The van der Waals surface area contributed by atoms with Crippen LogP contribution in [-0.2, 0) is 17.6 Å². The Morgan fingerprint density at radius 3 is 3.14 bits per heavy atom. The van der Waals surface area contributed by atoms with Crippen molar-refractivity contribution in [3.8, 4) is 0 Å². The second-order valence-electron chi connectivity index (χ2n) is 4.79. The van der Waals surface area contributed by atoms with Crippen molar-refractivity contribution in [1.82, 2.24) is 15.5 Å². The van der Waals surface area contributed by atoms with Gasteiger partial charge in [0.25, 0.3) is 5.95 Å². The van der Waals surface area contributed by atoms with E-state index in [2.05, 4.69) is 21.5 Å². The molecule has 0 fully saturated rings. The Labute approximate surface area is 126 Å². The van der Waals surface area contributed by atoms with E-state index < -0.39 is 0 Å². The first-order chi connectivity index (χ1) is 10.2. The summed E-state index contributed by atoms with van der Waals surface area (Å²) in [5.41, 5.74) is 7.76. The molecule has 0 unspecified atom stereocenters. The predicted octanol–water partition coefficient (Wildman–Crippen LogP) is 1.34. The third-order valence-electron chi connectivity index (χ3n) is 3.35. The number of hydrogen-bond donors (Lipinski definition) is 2. The fourth-order valence-electron chi connectivity index (χ4n) is 2.37. The number of carbonyl (C=O) groups excluding carboxylic acids is 1. The van der Waals surface area contributed by atoms with Gasteiger partial charge in [-0.3, -0.25) is 4.79 Å². The molecule has 3 N–H and O–H groups in total. The number of fused-ring (bicyclic) bond motifs is 1. The van der Waals surface area contributed by atoms with Crippen LogP contribution in [0.2, 0.25) is 0 Å². The van der Waals surface area contributed by atoms with Gasteiger partial charge in [-0.15, -0.1) is 11.8 Å². The van der Waals surface area contributed by atoms with Crippen molar-refractivity contribution in [2.75, 3.05) is 18.0 Å². The molecule has 2 heterocycles. The van der Waals surface area contributed by atoms with Gasteiger partial charge in [-0.25, -0.2) is 0 Å². The molecule has 0 spiro atoms. The normalized spacial score (nSPS) is 17.2. The fourth-order valence-corrected chi connectivity index (χ4v) is 3.58. The van der Waals surface area contributed by atoms with Crippen LogP contribution in [0.4, 0.5) is 5.95 Å². The van der Waals surface area contributed by atoms with Crippen LogP contribution >= 0.6 is 11.8 Å². The summed E-state index contributed by atoms with van der Waals surface area (Å²) in [5, 5.41) is 6.30. The average Bonchev–Trinajstić information content (AvgIpc) is 2.92. The van der Waals surface area contributed by atoms with Crippen molar-refractivity contribution < 1.29 is 9.32 Å². The molecule has 0 radical (unpaired) electrons. The lowest BCUT2D eigenvalue weighted by Crippen LogP contribution is -2.31. The van der Waals surface area contributed by atoms with E-state index in [4.69, 9.17) is 10.3 Å². The topological polar surface area (TPSA) is 94.0 Å². The lowest BCUT2D eigenvalue weighted by Gasteiger charge is -2.24. The molecule has 2 aromatic rings. The van der Waals surface area contributed by atoms with Crippen LogP contribution < -0.4 is 11.1 Å². The standard InChI is InChI=1S/C14H16N4O2S/c15-14-17-11(20-18-14)5-7-16-13(19)12-10-4-2-1-3-9(10)6-8-21-12/h1-4,12H,5-8H2,(H2,15,18)(H,16,19)/t12-/m1/s1. The van der Waals surface area contributed by atoms with Crippen molar-refractivity contribution in [2.24, 2.45) is 0 Å². The number of nitrogen functional groups attached to an aromatic ring is 1. The molecule has 0 saturated carbocycles. The van der Waals surface area contributed by atoms with Gasteiger partial charge in [0.15, 0.2) is 0 Å². The molecule has 6 nitrogen and oxygen atoms in total. The minimum Gasteiger partial charge on any atom is -0.365 e. The molecule has 1 atom stereocenters. The molecule has 110 valence electrons. The van der Waals surface area contributed by atoms with Gasteiger partial charge in [0, 0.05) is 13.0 Å². The van der Waals surface area contributed by atoms with Crippen molar-refractivity contribution in [3.05, 3.63) is 41.3 Å². The van der Waals surface area contributed by atoms with Crippen molar-refractivity contribution in [1.29, 1.82) is 0 Å². The van der Waals surface area contributed by atoms with Crippen LogP contribution in [0.15, 0.2) is 28.8 Å². The summed E-state index contributed by atoms with van der Waals surface area (Å²) in [6.07, 6.45) is 1.50. The minimum atomic E-state index is -0.136. The number of aromatic nitrogens is 2. The monoisotopic (exact) mass is 304 g/mol. The first-order valence-corrected chi connectivity index (χ1v) is 7.84. The molecule has 0 bridgehead atoms. The van der Waals surface area contributed by atoms with Gasteiger partial charge >= 0.3 is 0 Å². The zero-order chi connectivity index (χ0) is 14.7. The van der Waals surface area contributed by atoms with Crippen LogP contribution in [0.3, 0.4) is 0 Å². The summed E-state index contributed by atoms with van der Waals surface area (Å²) in [6.45, 7) is 0.458. The largest absolute Gasteiger partial charge is 0.365 e. The summed E-state index contributed by atoms with van der Waals surface area (Å²) < 4.78 is 4.91. The Bertz CT molecular complexity index is 643. The Kier molecular flexibility index (Phi) is 4.10. The second-order valence-corrected chi connectivity index (χ2v) is 6.00. The molecule has 0 aliphatic carbocycles.